The Morgan fingerprint density at radius 1 is 1.28 bits per heavy atom. The van der Waals surface area contributed by atoms with E-state index in [2.05, 4.69) is 15.2 Å². The van der Waals surface area contributed by atoms with E-state index >= 15 is 0 Å². The van der Waals surface area contributed by atoms with Crippen LogP contribution < -0.4 is 0 Å². The zero-order chi connectivity index (χ0) is 21.1. The normalized spacial score (nSPS) is 12.5. The van der Waals surface area contributed by atoms with Gasteiger partial charge in [0, 0.05) is 11.3 Å². The predicted octanol–water partition coefficient (Wildman–Crippen LogP) is 3.96. The minimum Gasteiger partial charge on any atom is -0.459 e. The molecule has 0 radical (unpaired) electrons. The van der Waals surface area contributed by atoms with Crippen LogP contribution in [0.15, 0.2) is 27.2 Å². The van der Waals surface area contributed by atoms with Crippen molar-refractivity contribution in [1.82, 2.24) is 20.1 Å². The molecule has 0 saturated carbocycles. The fraction of sp³-hybridized carbons (Fsp3) is 0.429. The molecule has 29 heavy (non-hydrogen) atoms. The molecule has 0 saturated heterocycles. The van der Waals surface area contributed by atoms with Gasteiger partial charge in [-0.25, -0.2) is 0 Å². The first kappa shape index (κ1) is 20.7. The number of ketones is 2. The van der Waals surface area contributed by atoms with Crippen molar-refractivity contribution in [2.75, 3.05) is 6.54 Å². The van der Waals surface area contributed by atoms with Gasteiger partial charge < -0.3 is 13.8 Å². The molecule has 0 unspecified atom stereocenters. The van der Waals surface area contributed by atoms with Gasteiger partial charge in [0.2, 0.25) is 5.89 Å². The van der Waals surface area contributed by atoms with Crippen molar-refractivity contribution in [2.24, 2.45) is 0 Å². The molecule has 0 aliphatic carbocycles. The fourth-order valence-corrected chi connectivity index (χ4v) is 3.59. The number of aromatic amines is 1. The Morgan fingerprint density at radius 2 is 2.03 bits per heavy atom. The Kier molecular flexibility index (Phi) is 6.12. The van der Waals surface area contributed by atoms with Crippen LogP contribution in [0.5, 0.6) is 0 Å². The molecular weight excluding hydrogens is 372 g/mol. The van der Waals surface area contributed by atoms with Crippen molar-refractivity contribution < 1.29 is 18.4 Å². The summed E-state index contributed by atoms with van der Waals surface area (Å²) in [6, 6.07) is 3.07. The topological polar surface area (TPSA) is 105 Å². The number of H-pyrrole nitrogens is 1. The lowest BCUT2D eigenvalue weighted by Gasteiger charge is -2.26. The molecule has 3 rings (SSSR count). The standard InChI is InChI=1S/C21H26N4O4/c1-6-9-25(11-17-23-24-21(29-17)16-8-7-10-28-16)14(4)20(27)19-12(2)18(15(5)26)13(3)22-19/h7-8,10,14,22H,6,9,11H2,1-5H3/t14-/m1/s1. The molecule has 0 amide bonds. The highest BCUT2D eigenvalue weighted by molar-refractivity contribution is 6.05. The molecule has 3 aromatic rings. The Labute approximate surface area is 169 Å². The van der Waals surface area contributed by atoms with E-state index in [4.69, 9.17) is 8.83 Å². The minimum absolute atomic E-state index is 0.0512. The van der Waals surface area contributed by atoms with E-state index in [1.54, 1.807) is 25.3 Å². The Bertz CT molecular complexity index is 1000. The van der Waals surface area contributed by atoms with Crippen LogP contribution in [0.3, 0.4) is 0 Å². The SMILES string of the molecule is CCCN(Cc1nnc(-c2ccco2)o1)[C@H](C)C(=O)c1[nH]c(C)c(C(C)=O)c1C. The third-order valence-electron chi connectivity index (χ3n) is 5.01. The lowest BCUT2D eigenvalue weighted by Crippen LogP contribution is -2.39. The number of carbonyl (C=O) groups is 2. The summed E-state index contributed by atoms with van der Waals surface area (Å²) in [6.07, 6.45) is 2.40. The van der Waals surface area contributed by atoms with Gasteiger partial charge in [-0.15, -0.1) is 10.2 Å². The van der Waals surface area contributed by atoms with E-state index in [1.165, 1.54) is 6.92 Å². The van der Waals surface area contributed by atoms with Crippen LogP contribution in [0.4, 0.5) is 0 Å². The zero-order valence-electron chi connectivity index (χ0n) is 17.4. The van der Waals surface area contributed by atoms with Crippen LogP contribution in [-0.4, -0.2) is 44.2 Å². The predicted molar refractivity (Wildman–Crippen MR) is 107 cm³/mol. The van der Waals surface area contributed by atoms with Gasteiger partial charge >= 0.3 is 0 Å². The Balaban J connectivity index is 1.81. The first-order valence-electron chi connectivity index (χ1n) is 9.68. The smallest absolute Gasteiger partial charge is 0.283 e. The van der Waals surface area contributed by atoms with Crippen LogP contribution in [0.25, 0.3) is 11.7 Å². The van der Waals surface area contributed by atoms with Gasteiger partial charge in [-0.1, -0.05) is 6.92 Å². The zero-order valence-corrected chi connectivity index (χ0v) is 17.4. The van der Waals surface area contributed by atoms with Gasteiger partial charge in [0.15, 0.2) is 17.3 Å². The van der Waals surface area contributed by atoms with E-state index in [0.29, 0.717) is 53.1 Å². The summed E-state index contributed by atoms with van der Waals surface area (Å²) in [5.41, 5.74) is 2.47. The summed E-state index contributed by atoms with van der Waals surface area (Å²) in [6.45, 7) is 10.0. The van der Waals surface area contributed by atoms with Gasteiger partial charge in [0.25, 0.3) is 5.89 Å². The van der Waals surface area contributed by atoms with Crippen molar-refractivity contribution >= 4 is 11.6 Å². The van der Waals surface area contributed by atoms with Crippen molar-refractivity contribution in [3.8, 4) is 11.7 Å². The van der Waals surface area contributed by atoms with Crippen molar-refractivity contribution in [1.29, 1.82) is 0 Å². The van der Waals surface area contributed by atoms with Crippen LogP contribution >= 0.6 is 0 Å². The highest BCUT2D eigenvalue weighted by Crippen LogP contribution is 2.23. The summed E-state index contributed by atoms with van der Waals surface area (Å²) in [7, 11) is 0. The second-order valence-corrected chi connectivity index (χ2v) is 7.17. The lowest BCUT2D eigenvalue weighted by atomic mass is 10.0. The molecule has 0 aliphatic rings. The molecule has 1 atom stereocenters. The van der Waals surface area contributed by atoms with E-state index in [0.717, 1.165) is 6.42 Å². The summed E-state index contributed by atoms with van der Waals surface area (Å²) in [5, 5.41) is 8.10. The average Bonchev–Trinajstić information content (AvgIpc) is 3.40. The van der Waals surface area contributed by atoms with Gasteiger partial charge in [0.1, 0.15) is 0 Å². The molecule has 0 aliphatic heterocycles. The number of hydrogen-bond acceptors (Lipinski definition) is 7. The number of furan rings is 1. The molecule has 0 aromatic carbocycles. The quantitative estimate of drug-likeness (QED) is 0.544. The van der Waals surface area contributed by atoms with Crippen LogP contribution in [-0.2, 0) is 6.54 Å². The second-order valence-electron chi connectivity index (χ2n) is 7.17. The minimum atomic E-state index is -0.425. The highest BCUT2D eigenvalue weighted by atomic mass is 16.4. The average molecular weight is 398 g/mol. The van der Waals surface area contributed by atoms with E-state index < -0.39 is 6.04 Å². The van der Waals surface area contributed by atoms with Crippen molar-refractivity contribution in [2.45, 2.75) is 53.6 Å². The van der Waals surface area contributed by atoms with Crippen molar-refractivity contribution in [3.63, 3.8) is 0 Å². The Morgan fingerprint density at radius 3 is 2.62 bits per heavy atom. The highest BCUT2D eigenvalue weighted by Gasteiger charge is 2.28. The third-order valence-corrected chi connectivity index (χ3v) is 5.01. The fourth-order valence-electron chi connectivity index (χ4n) is 3.59. The maximum absolute atomic E-state index is 13.2. The molecule has 8 nitrogen and oxygen atoms in total. The molecule has 0 bridgehead atoms. The van der Waals surface area contributed by atoms with Gasteiger partial charge in [0.05, 0.1) is 24.5 Å². The summed E-state index contributed by atoms with van der Waals surface area (Å²) < 4.78 is 11.0. The number of hydrogen-bond donors (Lipinski definition) is 1. The molecule has 3 heterocycles. The number of aromatic nitrogens is 3. The monoisotopic (exact) mass is 398 g/mol. The van der Waals surface area contributed by atoms with Crippen LogP contribution in [0.1, 0.15) is 65.2 Å². The molecular formula is C21H26N4O4. The third kappa shape index (κ3) is 4.22. The number of aryl methyl sites for hydroxylation is 1. The number of nitrogens with zero attached hydrogens (tertiary/aromatic N) is 3. The molecule has 8 heteroatoms. The first-order chi connectivity index (χ1) is 13.8. The maximum Gasteiger partial charge on any atom is 0.283 e. The number of carbonyl (C=O) groups excluding carboxylic acids is 2. The lowest BCUT2D eigenvalue weighted by molar-refractivity contribution is 0.0809. The number of rotatable bonds is 9. The summed E-state index contributed by atoms with van der Waals surface area (Å²) in [5.74, 6) is 1.10. The van der Waals surface area contributed by atoms with E-state index in [9.17, 15) is 9.59 Å². The van der Waals surface area contributed by atoms with Crippen LogP contribution in [0.2, 0.25) is 0 Å². The van der Waals surface area contributed by atoms with E-state index in [-0.39, 0.29) is 11.6 Å². The first-order valence-corrected chi connectivity index (χ1v) is 9.68. The second kappa shape index (κ2) is 8.57. The van der Waals surface area contributed by atoms with Crippen molar-refractivity contribution in [3.05, 3.63) is 46.8 Å². The summed E-state index contributed by atoms with van der Waals surface area (Å²) >= 11 is 0. The number of Topliss-reactive ketones (excluding diaryl/α,β-unsaturated/α-hetero) is 2. The Hall–Kier alpha value is -3.00. The van der Waals surface area contributed by atoms with Gasteiger partial charge in [-0.05, 0) is 58.4 Å². The molecule has 0 spiro atoms. The molecule has 154 valence electrons. The van der Waals surface area contributed by atoms with E-state index in [1.807, 2.05) is 25.7 Å². The molecule has 1 N–H and O–H groups in total. The maximum atomic E-state index is 13.2. The van der Waals surface area contributed by atoms with Gasteiger partial charge in [-0.3, -0.25) is 14.5 Å². The largest absolute Gasteiger partial charge is 0.459 e. The molecule has 3 aromatic heterocycles. The number of nitrogens with one attached hydrogen (secondary N) is 1. The molecule has 0 fully saturated rings. The summed E-state index contributed by atoms with van der Waals surface area (Å²) in [4.78, 5) is 30.2. The van der Waals surface area contributed by atoms with Gasteiger partial charge in [-0.2, -0.15) is 0 Å². The van der Waals surface area contributed by atoms with Crippen LogP contribution in [0, 0.1) is 13.8 Å².